The standard InChI is InChI=1S/C19H29ClN4O2/c1-14(2)22-18(25)13-23-8-10-24(11-9-23)19(26)12-21-15(3)16-6-4-5-7-17(16)20/h4-7,14-15,21H,8-13H2,1-3H3,(H,22,25)/p+2/t15-/m1/s1. The van der Waals surface area contributed by atoms with Crippen molar-refractivity contribution in [1.29, 1.82) is 0 Å². The van der Waals surface area contributed by atoms with Gasteiger partial charge >= 0.3 is 0 Å². The Morgan fingerprint density at radius 3 is 2.50 bits per heavy atom. The molecule has 1 aliphatic heterocycles. The van der Waals surface area contributed by atoms with Crippen LogP contribution in [0.2, 0.25) is 5.02 Å². The highest BCUT2D eigenvalue weighted by Crippen LogP contribution is 2.19. The van der Waals surface area contributed by atoms with Gasteiger partial charge in [-0.15, -0.1) is 0 Å². The number of nitrogens with zero attached hydrogens (tertiary/aromatic N) is 1. The van der Waals surface area contributed by atoms with Gasteiger partial charge in [-0.1, -0.05) is 29.8 Å². The molecule has 1 aromatic carbocycles. The molecule has 2 amide bonds. The van der Waals surface area contributed by atoms with Crippen LogP contribution in [0, 0.1) is 0 Å². The molecular formula is C19H31ClN4O2+2. The summed E-state index contributed by atoms with van der Waals surface area (Å²) in [6.07, 6.45) is 0. The van der Waals surface area contributed by atoms with E-state index in [0.717, 1.165) is 23.7 Å². The molecule has 0 aromatic heterocycles. The molecule has 6 nitrogen and oxygen atoms in total. The Morgan fingerprint density at radius 2 is 1.88 bits per heavy atom. The van der Waals surface area contributed by atoms with E-state index in [1.54, 1.807) is 0 Å². The number of nitrogens with one attached hydrogen (secondary N) is 2. The fourth-order valence-electron chi connectivity index (χ4n) is 3.23. The number of carbonyl (C=O) groups is 2. The number of hydrogen-bond acceptors (Lipinski definition) is 2. The van der Waals surface area contributed by atoms with E-state index in [9.17, 15) is 9.59 Å². The van der Waals surface area contributed by atoms with Crippen molar-refractivity contribution in [2.24, 2.45) is 0 Å². The molecule has 0 bridgehead atoms. The highest BCUT2D eigenvalue weighted by Gasteiger charge is 2.26. The molecule has 0 radical (unpaired) electrons. The van der Waals surface area contributed by atoms with Gasteiger partial charge < -0.3 is 20.4 Å². The van der Waals surface area contributed by atoms with Crippen LogP contribution in [0.25, 0.3) is 0 Å². The Bertz CT molecular complexity index is 615. The van der Waals surface area contributed by atoms with E-state index < -0.39 is 0 Å². The second-order valence-electron chi connectivity index (χ2n) is 7.28. The first kappa shape index (κ1) is 20.7. The lowest BCUT2D eigenvalue weighted by Gasteiger charge is -2.31. The topological polar surface area (TPSA) is 70.5 Å². The fourth-order valence-corrected chi connectivity index (χ4v) is 3.54. The molecule has 4 N–H and O–H groups in total. The van der Waals surface area contributed by atoms with Crippen molar-refractivity contribution in [3.8, 4) is 0 Å². The summed E-state index contributed by atoms with van der Waals surface area (Å²) in [7, 11) is 0. The number of rotatable bonds is 7. The minimum atomic E-state index is 0.0803. The van der Waals surface area contributed by atoms with Crippen molar-refractivity contribution < 1.29 is 19.8 Å². The molecule has 0 saturated carbocycles. The maximum atomic E-state index is 12.5. The third kappa shape index (κ3) is 6.27. The lowest BCUT2D eigenvalue weighted by atomic mass is 10.1. The van der Waals surface area contributed by atoms with E-state index in [1.807, 2.05) is 48.3 Å². The number of hydrogen-bond donors (Lipinski definition) is 3. The second-order valence-corrected chi connectivity index (χ2v) is 7.69. The molecule has 1 atom stereocenters. The van der Waals surface area contributed by atoms with Crippen LogP contribution >= 0.6 is 11.6 Å². The number of carbonyl (C=O) groups excluding carboxylic acids is 2. The van der Waals surface area contributed by atoms with Crippen molar-refractivity contribution in [2.45, 2.75) is 32.9 Å². The fraction of sp³-hybridized carbons (Fsp3) is 0.579. The zero-order chi connectivity index (χ0) is 19.1. The lowest BCUT2D eigenvalue weighted by molar-refractivity contribution is -0.896. The first-order chi connectivity index (χ1) is 12.4. The van der Waals surface area contributed by atoms with Gasteiger partial charge in [0, 0.05) is 16.6 Å². The van der Waals surface area contributed by atoms with Gasteiger partial charge in [-0.3, -0.25) is 9.59 Å². The Morgan fingerprint density at radius 1 is 1.23 bits per heavy atom. The summed E-state index contributed by atoms with van der Waals surface area (Å²) in [5, 5.41) is 5.68. The minimum Gasteiger partial charge on any atom is -0.349 e. The van der Waals surface area contributed by atoms with Crippen molar-refractivity contribution in [3.05, 3.63) is 34.9 Å². The molecular weight excluding hydrogens is 352 g/mol. The molecule has 1 aromatic rings. The molecule has 1 aliphatic rings. The molecule has 0 unspecified atom stereocenters. The van der Waals surface area contributed by atoms with Crippen LogP contribution in [-0.2, 0) is 9.59 Å². The van der Waals surface area contributed by atoms with Gasteiger partial charge in [-0.25, -0.2) is 0 Å². The third-order valence-corrected chi connectivity index (χ3v) is 5.07. The summed E-state index contributed by atoms with van der Waals surface area (Å²) in [5.74, 6) is 0.228. The van der Waals surface area contributed by atoms with Crippen molar-refractivity contribution in [1.82, 2.24) is 10.2 Å². The molecule has 0 aliphatic carbocycles. The number of nitrogens with two attached hydrogens (primary N) is 1. The predicted molar refractivity (Wildman–Crippen MR) is 102 cm³/mol. The lowest BCUT2D eigenvalue weighted by Crippen LogP contribution is -3.16. The molecule has 1 saturated heterocycles. The van der Waals surface area contributed by atoms with E-state index in [-0.39, 0.29) is 23.9 Å². The minimum absolute atomic E-state index is 0.0803. The van der Waals surface area contributed by atoms with Gasteiger partial charge in [0.1, 0.15) is 6.04 Å². The maximum absolute atomic E-state index is 12.5. The van der Waals surface area contributed by atoms with Crippen molar-refractivity contribution in [3.63, 3.8) is 0 Å². The predicted octanol–water partition coefficient (Wildman–Crippen LogP) is -0.784. The molecule has 7 heteroatoms. The average Bonchev–Trinajstić information content (AvgIpc) is 2.59. The number of benzene rings is 1. The molecule has 0 spiro atoms. The van der Waals surface area contributed by atoms with Crippen LogP contribution in [0.5, 0.6) is 0 Å². The van der Waals surface area contributed by atoms with E-state index in [4.69, 9.17) is 11.6 Å². The van der Waals surface area contributed by atoms with Gasteiger partial charge in [-0.05, 0) is 26.8 Å². The van der Waals surface area contributed by atoms with Crippen LogP contribution in [0.15, 0.2) is 24.3 Å². The van der Waals surface area contributed by atoms with E-state index in [0.29, 0.717) is 26.2 Å². The quantitative estimate of drug-likeness (QED) is 0.579. The Kier molecular flexibility index (Phi) is 7.87. The molecule has 2 rings (SSSR count). The summed E-state index contributed by atoms with van der Waals surface area (Å²) < 4.78 is 0. The number of piperazine rings is 1. The molecule has 1 fully saturated rings. The summed E-state index contributed by atoms with van der Waals surface area (Å²) in [5.41, 5.74) is 1.05. The number of quaternary nitrogens is 2. The SMILES string of the molecule is CC(C)NC(=O)C[NH+]1CCN(C(=O)C[NH2+][C@H](C)c2ccccc2Cl)CC1. The number of amides is 2. The second kappa shape index (κ2) is 9.90. The van der Waals surface area contributed by atoms with Gasteiger partial charge in [0.25, 0.3) is 11.8 Å². The summed E-state index contributed by atoms with van der Waals surface area (Å²) >= 11 is 6.22. The van der Waals surface area contributed by atoms with Crippen molar-refractivity contribution >= 4 is 23.4 Å². The highest BCUT2D eigenvalue weighted by atomic mass is 35.5. The van der Waals surface area contributed by atoms with Crippen LogP contribution in [0.1, 0.15) is 32.4 Å². The van der Waals surface area contributed by atoms with E-state index in [1.165, 1.54) is 4.90 Å². The highest BCUT2D eigenvalue weighted by molar-refractivity contribution is 6.31. The maximum Gasteiger partial charge on any atom is 0.278 e. The van der Waals surface area contributed by atoms with Gasteiger partial charge in [-0.2, -0.15) is 0 Å². The third-order valence-electron chi connectivity index (χ3n) is 4.73. The summed E-state index contributed by atoms with van der Waals surface area (Å²) in [6.45, 7) is 9.92. The van der Waals surface area contributed by atoms with Gasteiger partial charge in [0.2, 0.25) is 0 Å². The normalized spacial score (nSPS) is 16.6. The molecule has 26 heavy (non-hydrogen) atoms. The van der Waals surface area contributed by atoms with Crippen LogP contribution in [-0.4, -0.2) is 62.0 Å². The van der Waals surface area contributed by atoms with Crippen LogP contribution in [0.4, 0.5) is 0 Å². The smallest absolute Gasteiger partial charge is 0.278 e. The van der Waals surface area contributed by atoms with Crippen LogP contribution < -0.4 is 15.5 Å². The first-order valence-electron chi connectivity index (χ1n) is 9.35. The summed E-state index contributed by atoms with van der Waals surface area (Å²) in [4.78, 5) is 27.5. The largest absolute Gasteiger partial charge is 0.349 e. The van der Waals surface area contributed by atoms with E-state index >= 15 is 0 Å². The zero-order valence-electron chi connectivity index (χ0n) is 15.9. The average molecular weight is 383 g/mol. The zero-order valence-corrected chi connectivity index (χ0v) is 16.7. The molecule has 1 heterocycles. The first-order valence-corrected chi connectivity index (χ1v) is 9.73. The van der Waals surface area contributed by atoms with Gasteiger partial charge in [0.05, 0.1) is 26.2 Å². The summed E-state index contributed by atoms with van der Waals surface area (Å²) in [6, 6.07) is 8.05. The Labute approximate surface area is 160 Å². The van der Waals surface area contributed by atoms with Crippen LogP contribution in [0.3, 0.4) is 0 Å². The molecule has 144 valence electrons. The van der Waals surface area contributed by atoms with Gasteiger partial charge in [0.15, 0.2) is 13.1 Å². The Hall–Kier alpha value is -1.63. The monoisotopic (exact) mass is 382 g/mol. The number of halogens is 1. The Balaban J connectivity index is 1.73. The van der Waals surface area contributed by atoms with Crippen molar-refractivity contribution in [2.75, 3.05) is 39.3 Å². The van der Waals surface area contributed by atoms with E-state index in [2.05, 4.69) is 12.2 Å².